The van der Waals surface area contributed by atoms with Crippen molar-refractivity contribution in [1.29, 1.82) is 0 Å². The quantitative estimate of drug-likeness (QED) is 0.764. The molecule has 0 saturated carbocycles. The molecular weight excluding hydrogens is 216 g/mol. The van der Waals surface area contributed by atoms with Gasteiger partial charge in [-0.1, -0.05) is 11.6 Å². The van der Waals surface area contributed by atoms with Gasteiger partial charge in [0.1, 0.15) is 0 Å². The van der Waals surface area contributed by atoms with Crippen molar-refractivity contribution >= 4 is 17.5 Å². The molecule has 2 rings (SSSR count). The van der Waals surface area contributed by atoms with Crippen molar-refractivity contribution < 1.29 is 4.79 Å². The van der Waals surface area contributed by atoms with E-state index < -0.39 is 5.91 Å². The van der Waals surface area contributed by atoms with Gasteiger partial charge in [-0.05, 0) is 12.1 Å². The average molecular weight is 225 g/mol. The van der Waals surface area contributed by atoms with Crippen LogP contribution >= 0.6 is 11.6 Å². The minimum Gasteiger partial charge on any atom is -0.366 e. The number of nitrogens with one attached hydrogen (secondary N) is 1. The third kappa shape index (κ3) is 4.24. The van der Waals surface area contributed by atoms with E-state index in [1.54, 1.807) is 30.7 Å². The average Bonchev–Trinajstić information content (AvgIpc) is 2.71. The highest BCUT2D eigenvalue weighted by Gasteiger charge is 1.94. The van der Waals surface area contributed by atoms with Gasteiger partial charge in [0, 0.05) is 18.6 Å². The van der Waals surface area contributed by atoms with Gasteiger partial charge in [-0.2, -0.15) is 5.10 Å². The number of carbonyl (C=O) groups excluding carboxylic acids is 1. The first-order valence-corrected chi connectivity index (χ1v) is 4.42. The topological polar surface area (TPSA) is 84.7 Å². The lowest BCUT2D eigenvalue weighted by molar-refractivity contribution is 0.1000. The van der Waals surface area contributed by atoms with E-state index in [2.05, 4.69) is 15.2 Å². The number of halogens is 1. The van der Waals surface area contributed by atoms with Crippen LogP contribution in [-0.4, -0.2) is 21.1 Å². The van der Waals surface area contributed by atoms with E-state index in [4.69, 9.17) is 17.3 Å². The van der Waals surface area contributed by atoms with Crippen molar-refractivity contribution in [1.82, 2.24) is 15.2 Å². The molecule has 78 valence electrons. The SMILES string of the molecule is Clc1cn[nH]c1.NC(=O)c1cccnc1. The van der Waals surface area contributed by atoms with Crippen LogP contribution in [0.25, 0.3) is 0 Å². The summed E-state index contributed by atoms with van der Waals surface area (Å²) in [7, 11) is 0. The number of rotatable bonds is 1. The number of primary amides is 1. The molecule has 0 aliphatic rings. The van der Waals surface area contributed by atoms with Crippen LogP contribution in [0.5, 0.6) is 0 Å². The van der Waals surface area contributed by atoms with Crippen molar-refractivity contribution in [2.24, 2.45) is 5.73 Å². The Bertz CT molecular complexity index is 401. The van der Waals surface area contributed by atoms with E-state index >= 15 is 0 Å². The molecule has 0 unspecified atom stereocenters. The van der Waals surface area contributed by atoms with Gasteiger partial charge in [-0.25, -0.2) is 0 Å². The molecule has 2 aromatic heterocycles. The normalized spacial score (nSPS) is 8.87. The first kappa shape index (κ1) is 11.2. The third-order valence-corrected chi connectivity index (χ3v) is 1.62. The van der Waals surface area contributed by atoms with Gasteiger partial charge < -0.3 is 5.73 Å². The number of H-pyrrole nitrogens is 1. The standard InChI is InChI=1S/C6H6N2O.C3H3ClN2/c7-6(9)5-2-1-3-8-4-5;4-3-1-5-6-2-3/h1-4H,(H2,7,9);1-2H,(H,5,6). The van der Waals surface area contributed by atoms with E-state index in [1.807, 2.05) is 0 Å². The molecular formula is C9H9ClN4O. The third-order valence-electron chi connectivity index (χ3n) is 1.41. The van der Waals surface area contributed by atoms with Gasteiger partial charge in [0.15, 0.2) is 0 Å². The van der Waals surface area contributed by atoms with Gasteiger partial charge in [0.05, 0.1) is 16.8 Å². The van der Waals surface area contributed by atoms with Crippen LogP contribution in [0.15, 0.2) is 36.9 Å². The summed E-state index contributed by atoms with van der Waals surface area (Å²) in [5, 5.41) is 6.76. The molecule has 6 heteroatoms. The molecule has 1 amide bonds. The van der Waals surface area contributed by atoms with E-state index in [-0.39, 0.29) is 0 Å². The molecule has 0 saturated heterocycles. The lowest BCUT2D eigenvalue weighted by atomic mass is 10.3. The van der Waals surface area contributed by atoms with Gasteiger partial charge in [0.25, 0.3) is 0 Å². The molecule has 0 bridgehead atoms. The van der Waals surface area contributed by atoms with Gasteiger partial charge in [-0.15, -0.1) is 0 Å². The molecule has 0 atom stereocenters. The Kier molecular flexibility index (Phi) is 4.30. The van der Waals surface area contributed by atoms with Gasteiger partial charge in [0.2, 0.25) is 5.91 Å². The maximum Gasteiger partial charge on any atom is 0.250 e. The Morgan fingerprint density at radius 3 is 2.53 bits per heavy atom. The minimum absolute atomic E-state index is 0.442. The summed E-state index contributed by atoms with van der Waals surface area (Å²) in [4.78, 5) is 14.1. The molecule has 15 heavy (non-hydrogen) atoms. The highest BCUT2D eigenvalue weighted by Crippen LogP contribution is 1.99. The van der Waals surface area contributed by atoms with Crippen LogP contribution in [-0.2, 0) is 0 Å². The first-order valence-electron chi connectivity index (χ1n) is 4.04. The summed E-state index contributed by atoms with van der Waals surface area (Å²) >= 11 is 5.36. The number of carbonyl (C=O) groups is 1. The van der Waals surface area contributed by atoms with E-state index in [0.717, 1.165) is 0 Å². The molecule has 0 fully saturated rings. The Balaban J connectivity index is 0.000000162. The van der Waals surface area contributed by atoms with Crippen LogP contribution in [0.4, 0.5) is 0 Å². The number of nitrogens with two attached hydrogens (primary N) is 1. The minimum atomic E-state index is -0.442. The molecule has 0 aromatic carbocycles. The van der Waals surface area contributed by atoms with Crippen LogP contribution in [0.3, 0.4) is 0 Å². The summed E-state index contributed by atoms with van der Waals surface area (Å²) in [6, 6.07) is 3.29. The summed E-state index contributed by atoms with van der Waals surface area (Å²) in [6.07, 6.45) is 6.18. The molecule has 0 aliphatic carbocycles. The number of nitrogens with zero attached hydrogens (tertiary/aromatic N) is 2. The predicted molar refractivity (Wildman–Crippen MR) is 56.4 cm³/mol. The highest BCUT2D eigenvalue weighted by atomic mass is 35.5. The molecule has 2 aromatic rings. The second-order valence-electron chi connectivity index (χ2n) is 2.52. The van der Waals surface area contributed by atoms with Crippen LogP contribution in [0, 0.1) is 0 Å². The van der Waals surface area contributed by atoms with Crippen molar-refractivity contribution in [2.45, 2.75) is 0 Å². The highest BCUT2D eigenvalue weighted by molar-refractivity contribution is 6.30. The number of pyridine rings is 1. The van der Waals surface area contributed by atoms with Crippen molar-refractivity contribution in [3.05, 3.63) is 47.5 Å². The molecule has 3 N–H and O–H groups in total. The zero-order valence-corrected chi connectivity index (χ0v) is 8.48. The maximum absolute atomic E-state index is 10.4. The molecule has 0 aliphatic heterocycles. The van der Waals surface area contributed by atoms with E-state index in [9.17, 15) is 4.79 Å². The zero-order chi connectivity index (χ0) is 11.1. The van der Waals surface area contributed by atoms with Crippen LogP contribution < -0.4 is 5.73 Å². The monoisotopic (exact) mass is 224 g/mol. The fraction of sp³-hybridized carbons (Fsp3) is 0. The predicted octanol–water partition coefficient (Wildman–Crippen LogP) is 1.24. The largest absolute Gasteiger partial charge is 0.366 e. The molecule has 0 spiro atoms. The first-order chi connectivity index (χ1) is 7.20. The smallest absolute Gasteiger partial charge is 0.250 e. The lowest BCUT2D eigenvalue weighted by Crippen LogP contribution is -2.10. The van der Waals surface area contributed by atoms with E-state index in [0.29, 0.717) is 10.6 Å². The molecule has 5 nitrogen and oxygen atoms in total. The number of aromatic nitrogens is 3. The van der Waals surface area contributed by atoms with Gasteiger partial charge in [-0.3, -0.25) is 14.9 Å². The molecule has 0 radical (unpaired) electrons. The van der Waals surface area contributed by atoms with Crippen molar-refractivity contribution in [3.63, 3.8) is 0 Å². The fourth-order valence-corrected chi connectivity index (χ4v) is 0.841. The van der Waals surface area contributed by atoms with Gasteiger partial charge >= 0.3 is 0 Å². The zero-order valence-electron chi connectivity index (χ0n) is 7.72. The van der Waals surface area contributed by atoms with Crippen LogP contribution in [0.1, 0.15) is 10.4 Å². The van der Waals surface area contributed by atoms with E-state index in [1.165, 1.54) is 6.20 Å². The van der Waals surface area contributed by atoms with Crippen LogP contribution in [0.2, 0.25) is 5.02 Å². The Morgan fingerprint density at radius 1 is 1.47 bits per heavy atom. The fourth-order valence-electron chi connectivity index (χ4n) is 0.744. The second-order valence-corrected chi connectivity index (χ2v) is 2.96. The summed E-state index contributed by atoms with van der Waals surface area (Å²) in [6.45, 7) is 0. The second kappa shape index (κ2) is 5.77. The Labute approximate surface area is 91.3 Å². The molecule has 2 heterocycles. The van der Waals surface area contributed by atoms with Crippen molar-refractivity contribution in [3.8, 4) is 0 Å². The van der Waals surface area contributed by atoms with Crippen molar-refractivity contribution in [2.75, 3.05) is 0 Å². The number of amides is 1. The maximum atomic E-state index is 10.4. The lowest BCUT2D eigenvalue weighted by Gasteiger charge is -1.88. The summed E-state index contributed by atoms with van der Waals surface area (Å²) in [5.74, 6) is -0.442. The number of aromatic amines is 1. The number of hydrogen-bond acceptors (Lipinski definition) is 3. The Hall–Kier alpha value is -1.88. The Morgan fingerprint density at radius 2 is 2.27 bits per heavy atom. The number of hydrogen-bond donors (Lipinski definition) is 2. The summed E-state index contributed by atoms with van der Waals surface area (Å²) in [5.41, 5.74) is 5.38. The summed E-state index contributed by atoms with van der Waals surface area (Å²) < 4.78 is 0.